The van der Waals surface area contributed by atoms with Crippen LogP contribution in [0.15, 0.2) is 108 Å². The number of nitrogens with zero attached hydrogens (tertiary/aromatic N) is 2. The van der Waals surface area contributed by atoms with Gasteiger partial charge in [-0.2, -0.15) is 0 Å². The zero-order chi connectivity index (χ0) is 30.3. The van der Waals surface area contributed by atoms with Gasteiger partial charge in [-0.05, 0) is 66.6 Å². The Morgan fingerprint density at radius 2 is 1.45 bits per heavy atom. The van der Waals surface area contributed by atoms with Gasteiger partial charge < -0.3 is 10.2 Å². The van der Waals surface area contributed by atoms with Crippen LogP contribution in [0.25, 0.3) is 0 Å². The molecule has 7 nitrogen and oxygen atoms in total. The molecule has 0 aromatic heterocycles. The van der Waals surface area contributed by atoms with Crippen LogP contribution in [0.4, 0.5) is 5.69 Å². The van der Waals surface area contributed by atoms with E-state index in [1.54, 1.807) is 60.7 Å². The first-order chi connectivity index (χ1) is 20.1. The van der Waals surface area contributed by atoms with Crippen LogP contribution < -0.4 is 9.62 Å². The molecule has 1 unspecified atom stereocenters. The number of aryl methyl sites for hydroxylation is 1. The van der Waals surface area contributed by atoms with E-state index in [1.807, 2.05) is 37.3 Å². The minimum Gasteiger partial charge on any atom is -0.357 e. The summed E-state index contributed by atoms with van der Waals surface area (Å²) in [6, 6.07) is 28.0. The van der Waals surface area contributed by atoms with Gasteiger partial charge in [0.15, 0.2) is 0 Å². The van der Waals surface area contributed by atoms with E-state index in [4.69, 9.17) is 23.2 Å². The second-order valence-corrected chi connectivity index (χ2v) is 12.5. The summed E-state index contributed by atoms with van der Waals surface area (Å²) in [4.78, 5) is 29.0. The van der Waals surface area contributed by atoms with Crippen LogP contribution >= 0.6 is 23.2 Å². The molecule has 2 amide bonds. The number of sulfonamides is 1. The van der Waals surface area contributed by atoms with Crippen LogP contribution in [-0.4, -0.2) is 44.8 Å². The van der Waals surface area contributed by atoms with Crippen molar-refractivity contribution in [2.45, 2.75) is 30.8 Å². The average molecular weight is 625 g/mol. The fraction of sp³-hybridized carbons (Fsp3) is 0.188. The van der Waals surface area contributed by atoms with Crippen molar-refractivity contribution < 1.29 is 18.0 Å². The number of halogens is 2. The largest absolute Gasteiger partial charge is 0.357 e. The normalized spacial score (nSPS) is 11.9. The van der Waals surface area contributed by atoms with Crippen LogP contribution in [0.3, 0.4) is 0 Å². The van der Waals surface area contributed by atoms with Gasteiger partial charge in [-0.15, -0.1) is 0 Å². The summed E-state index contributed by atoms with van der Waals surface area (Å²) < 4.78 is 29.0. The third-order valence-electron chi connectivity index (χ3n) is 6.76. The molecule has 4 aromatic rings. The molecule has 0 heterocycles. The molecule has 1 atom stereocenters. The molecule has 4 aromatic carbocycles. The number of amides is 2. The lowest BCUT2D eigenvalue weighted by Gasteiger charge is -2.33. The van der Waals surface area contributed by atoms with Gasteiger partial charge in [0.05, 0.1) is 10.6 Å². The van der Waals surface area contributed by atoms with E-state index in [9.17, 15) is 18.0 Å². The first kappa shape index (κ1) is 31.1. The molecule has 10 heteroatoms. The maximum Gasteiger partial charge on any atom is 0.264 e. The van der Waals surface area contributed by atoms with Crippen molar-refractivity contribution in [1.82, 2.24) is 10.2 Å². The summed E-state index contributed by atoms with van der Waals surface area (Å²) in [6.45, 7) is 1.33. The van der Waals surface area contributed by atoms with Gasteiger partial charge in [0.2, 0.25) is 11.8 Å². The minimum absolute atomic E-state index is 0.0311. The molecular weight excluding hydrogens is 593 g/mol. The highest BCUT2D eigenvalue weighted by Crippen LogP contribution is 2.27. The molecule has 218 valence electrons. The van der Waals surface area contributed by atoms with E-state index in [-0.39, 0.29) is 29.5 Å². The summed E-state index contributed by atoms with van der Waals surface area (Å²) in [7, 11) is -2.68. The van der Waals surface area contributed by atoms with Crippen molar-refractivity contribution >= 4 is 50.7 Å². The van der Waals surface area contributed by atoms with Gasteiger partial charge in [0, 0.05) is 30.1 Å². The Morgan fingerprint density at radius 1 is 0.810 bits per heavy atom. The Morgan fingerprint density at radius 3 is 2.07 bits per heavy atom. The summed E-state index contributed by atoms with van der Waals surface area (Å²) in [5, 5.41) is 3.56. The highest BCUT2D eigenvalue weighted by Gasteiger charge is 2.34. The Labute approximate surface area is 256 Å². The first-order valence-electron chi connectivity index (χ1n) is 13.2. The lowest BCUT2D eigenvalue weighted by atomic mass is 10.0. The molecule has 0 fully saturated rings. The number of carbonyl (C=O) groups is 2. The third-order valence-corrected chi connectivity index (χ3v) is 9.04. The van der Waals surface area contributed by atoms with Crippen LogP contribution in [-0.2, 0) is 32.6 Å². The maximum absolute atomic E-state index is 14.2. The molecule has 1 N–H and O–H groups in total. The van der Waals surface area contributed by atoms with E-state index >= 15 is 0 Å². The van der Waals surface area contributed by atoms with Crippen LogP contribution in [0.5, 0.6) is 0 Å². The number of rotatable bonds is 11. The Hall–Kier alpha value is -3.85. The molecule has 0 bridgehead atoms. The Balaban J connectivity index is 1.78. The Kier molecular flexibility index (Phi) is 10.3. The van der Waals surface area contributed by atoms with Gasteiger partial charge in [-0.3, -0.25) is 13.9 Å². The van der Waals surface area contributed by atoms with E-state index in [2.05, 4.69) is 5.32 Å². The SMILES string of the molecule is CNC(=O)C(Cc1ccccc1)N(Cc1cccc(Cl)c1)C(=O)CN(c1ccc(Cl)cc1)S(=O)(=O)c1ccc(C)cc1. The lowest BCUT2D eigenvalue weighted by Crippen LogP contribution is -2.53. The van der Waals surface area contributed by atoms with Crippen LogP contribution in [0.1, 0.15) is 16.7 Å². The number of hydrogen-bond donors (Lipinski definition) is 1. The average Bonchev–Trinajstić information content (AvgIpc) is 2.98. The molecule has 4 rings (SSSR count). The highest BCUT2D eigenvalue weighted by molar-refractivity contribution is 7.92. The number of benzene rings is 4. The molecule has 0 spiro atoms. The number of carbonyl (C=O) groups excluding carboxylic acids is 2. The maximum atomic E-state index is 14.2. The van der Waals surface area contributed by atoms with E-state index < -0.39 is 28.5 Å². The number of nitrogens with one attached hydrogen (secondary N) is 1. The molecule has 0 radical (unpaired) electrons. The van der Waals surface area contributed by atoms with E-state index in [1.165, 1.54) is 24.1 Å². The lowest BCUT2D eigenvalue weighted by molar-refractivity contribution is -0.139. The van der Waals surface area contributed by atoms with Crippen molar-refractivity contribution in [2.24, 2.45) is 0 Å². The summed E-state index contributed by atoms with van der Waals surface area (Å²) in [5.74, 6) is -0.946. The van der Waals surface area contributed by atoms with Crippen LogP contribution in [0, 0.1) is 6.92 Å². The van der Waals surface area contributed by atoms with Gasteiger partial charge in [0.1, 0.15) is 12.6 Å². The topological polar surface area (TPSA) is 86.8 Å². The molecule has 0 saturated carbocycles. The minimum atomic E-state index is -4.18. The molecular formula is C32H31Cl2N3O4S. The molecule has 42 heavy (non-hydrogen) atoms. The van der Waals surface area contributed by atoms with Gasteiger partial charge in [-0.1, -0.05) is 83.4 Å². The predicted octanol–water partition coefficient (Wildman–Crippen LogP) is 5.88. The summed E-state index contributed by atoms with van der Waals surface area (Å²) in [5.41, 5.74) is 2.69. The van der Waals surface area contributed by atoms with Crippen molar-refractivity contribution in [3.05, 3.63) is 130 Å². The predicted molar refractivity (Wildman–Crippen MR) is 167 cm³/mol. The quantitative estimate of drug-likeness (QED) is 0.226. The van der Waals surface area contributed by atoms with Crippen molar-refractivity contribution in [3.8, 4) is 0 Å². The fourth-order valence-corrected chi connectivity index (χ4v) is 6.28. The number of anilines is 1. The molecule has 0 saturated heterocycles. The standard InChI is InChI=1S/C32H31Cl2N3O4S/c1-23-11-17-29(18-12-23)42(40,41)37(28-15-13-26(33)14-16-28)22-31(38)36(21-25-9-6-10-27(34)19-25)30(32(39)35-2)20-24-7-4-3-5-8-24/h3-19,30H,20-22H2,1-2H3,(H,35,39). The van der Waals surface area contributed by atoms with Crippen molar-refractivity contribution in [3.63, 3.8) is 0 Å². The van der Waals surface area contributed by atoms with Gasteiger partial charge >= 0.3 is 0 Å². The zero-order valence-electron chi connectivity index (χ0n) is 23.2. The zero-order valence-corrected chi connectivity index (χ0v) is 25.5. The smallest absolute Gasteiger partial charge is 0.264 e. The van der Waals surface area contributed by atoms with Gasteiger partial charge in [0.25, 0.3) is 10.0 Å². The van der Waals surface area contributed by atoms with Crippen molar-refractivity contribution in [1.29, 1.82) is 0 Å². The monoisotopic (exact) mass is 623 g/mol. The highest BCUT2D eigenvalue weighted by atomic mass is 35.5. The fourth-order valence-electron chi connectivity index (χ4n) is 4.53. The van der Waals surface area contributed by atoms with E-state index in [0.29, 0.717) is 15.6 Å². The second-order valence-electron chi connectivity index (χ2n) is 9.77. The second kappa shape index (κ2) is 13.9. The van der Waals surface area contributed by atoms with Crippen LogP contribution in [0.2, 0.25) is 10.0 Å². The number of hydrogen-bond acceptors (Lipinski definition) is 4. The third kappa shape index (κ3) is 7.70. The number of likely N-dealkylation sites (N-methyl/N-ethyl adjacent to an activating group) is 1. The van der Waals surface area contributed by atoms with Crippen molar-refractivity contribution in [2.75, 3.05) is 17.9 Å². The van der Waals surface area contributed by atoms with E-state index in [0.717, 1.165) is 15.4 Å². The molecule has 0 aliphatic carbocycles. The summed E-state index contributed by atoms with van der Waals surface area (Å²) in [6.07, 6.45) is 0.221. The Bertz CT molecular complexity index is 1630. The first-order valence-corrected chi connectivity index (χ1v) is 15.4. The summed E-state index contributed by atoms with van der Waals surface area (Å²) >= 11 is 12.3. The van der Waals surface area contributed by atoms with Gasteiger partial charge in [-0.25, -0.2) is 8.42 Å². The molecule has 0 aliphatic heterocycles. The molecule has 0 aliphatic rings.